The van der Waals surface area contributed by atoms with Gasteiger partial charge in [-0.15, -0.1) is 0 Å². The highest BCUT2D eigenvalue weighted by Crippen LogP contribution is 2.37. The molecule has 0 saturated carbocycles. The third-order valence-electron chi connectivity index (χ3n) is 3.13. The predicted octanol–water partition coefficient (Wildman–Crippen LogP) is 3.26. The molecule has 0 fully saturated rings. The second-order valence-corrected chi connectivity index (χ2v) is 10.3. The Morgan fingerprint density at radius 3 is 2.13 bits per heavy atom. The van der Waals surface area contributed by atoms with E-state index in [0.717, 1.165) is 6.42 Å². The minimum atomic E-state index is -1.82. The first-order chi connectivity index (χ1) is 6.60. The maximum atomic E-state index is 10.6. The van der Waals surface area contributed by atoms with Crippen molar-refractivity contribution in [2.45, 2.75) is 64.8 Å². The Morgan fingerprint density at radius 2 is 1.87 bits per heavy atom. The minimum absolute atomic E-state index is 0.114. The third kappa shape index (κ3) is 4.80. The van der Waals surface area contributed by atoms with Crippen LogP contribution in [-0.2, 0) is 9.22 Å². The highest BCUT2D eigenvalue weighted by atomic mass is 28.4. The van der Waals surface area contributed by atoms with E-state index in [-0.39, 0.29) is 17.6 Å². The van der Waals surface area contributed by atoms with Crippen molar-refractivity contribution in [2.24, 2.45) is 0 Å². The Balaban J connectivity index is 4.47. The molecule has 0 aromatic heterocycles. The van der Waals surface area contributed by atoms with Crippen molar-refractivity contribution in [1.82, 2.24) is 0 Å². The van der Waals surface area contributed by atoms with Gasteiger partial charge in [0, 0.05) is 0 Å². The summed E-state index contributed by atoms with van der Waals surface area (Å²) in [5.41, 5.74) is 0. The molecule has 1 N–H and O–H groups in total. The summed E-state index contributed by atoms with van der Waals surface area (Å²) in [6.45, 7) is 12.8. The molecule has 15 heavy (non-hydrogen) atoms. The smallest absolute Gasteiger partial charge is 0.305 e. The summed E-state index contributed by atoms with van der Waals surface area (Å²) in [5.74, 6) is -0.777. The van der Waals surface area contributed by atoms with Gasteiger partial charge in [0.25, 0.3) is 0 Å². The highest BCUT2D eigenvalue weighted by Gasteiger charge is 2.39. The van der Waals surface area contributed by atoms with Crippen LogP contribution in [0.15, 0.2) is 0 Å². The van der Waals surface area contributed by atoms with Gasteiger partial charge in [-0.2, -0.15) is 0 Å². The van der Waals surface area contributed by atoms with Crippen LogP contribution >= 0.6 is 0 Å². The molecule has 0 aliphatic carbocycles. The Kier molecular flexibility index (Phi) is 5.00. The molecule has 4 heteroatoms. The molecule has 0 aromatic rings. The molecule has 0 aromatic carbocycles. The zero-order chi connectivity index (χ0) is 12.3. The van der Waals surface area contributed by atoms with E-state index < -0.39 is 14.3 Å². The number of carbonyl (C=O) groups is 1. The van der Waals surface area contributed by atoms with Crippen molar-refractivity contribution in [3.63, 3.8) is 0 Å². The van der Waals surface area contributed by atoms with Crippen LogP contribution in [0.3, 0.4) is 0 Å². The number of carboxylic acid groups (broad SMARTS) is 1. The van der Waals surface area contributed by atoms with E-state index >= 15 is 0 Å². The van der Waals surface area contributed by atoms with Gasteiger partial charge in [0.1, 0.15) is 0 Å². The molecule has 0 radical (unpaired) electrons. The second-order valence-electron chi connectivity index (χ2n) is 5.51. The van der Waals surface area contributed by atoms with Gasteiger partial charge in [0.05, 0.1) is 12.5 Å². The van der Waals surface area contributed by atoms with Crippen molar-refractivity contribution in [3.8, 4) is 0 Å². The topological polar surface area (TPSA) is 46.5 Å². The molecular formula is C11H24O3Si. The Morgan fingerprint density at radius 1 is 1.40 bits per heavy atom. The summed E-state index contributed by atoms with van der Waals surface area (Å²) < 4.78 is 6.02. The molecule has 0 heterocycles. The van der Waals surface area contributed by atoms with Crippen LogP contribution in [0.1, 0.15) is 40.5 Å². The lowest BCUT2D eigenvalue weighted by atomic mass is 10.2. The zero-order valence-electron chi connectivity index (χ0n) is 10.8. The van der Waals surface area contributed by atoms with E-state index in [4.69, 9.17) is 9.53 Å². The summed E-state index contributed by atoms with van der Waals surface area (Å²) in [7, 11) is -1.82. The summed E-state index contributed by atoms with van der Waals surface area (Å²) in [5, 5.41) is 8.89. The molecule has 90 valence electrons. The minimum Gasteiger partial charge on any atom is -0.481 e. The summed E-state index contributed by atoms with van der Waals surface area (Å²) in [6, 6.07) is 0. The fourth-order valence-electron chi connectivity index (χ4n) is 1.06. The van der Waals surface area contributed by atoms with Crippen molar-refractivity contribution >= 4 is 14.3 Å². The summed E-state index contributed by atoms with van der Waals surface area (Å²) in [4.78, 5) is 10.6. The summed E-state index contributed by atoms with van der Waals surface area (Å²) in [6.07, 6.45) is 0.741. The predicted molar refractivity (Wildman–Crippen MR) is 64.6 cm³/mol. The van der Waals surface area contributed by atoms with Crippen molar-refractivity contribution in [3.05, 3.63) is 0 Å². The van der Waals surface area contributed by atoms with E-state index in [1.165, 1.54) is 0 Å². The number of carboxylic acids is 1. The van der Waals surface area contributed by atoms with Gasteiger partial charge in [-0.3, -0.25) is 4.79 Å². The van der Waals surface area contributed by atoms with Gasteiger partial charge in [-0.05, 0) is 24.6 Å². The molecule has 0 aliphatic heterocycles. The first-order valence-corrected chi connectivity index (χ1v) is 8.40. The van der Waals surface area contributed by atoms with Crippen molar-refractivity contribution in [2.75, 3.05) is 0 Å². The van der Waals surface area contributed by atoms with E-state index in [1.807, 2.05) is 6.92 Å². The average molecular weight is 232 g/mol. The largest absolute Gasteiger partial charge is 0.481 e. The van der Waals surface area contributed by atoms with E-state index in [1.54, 1.807) is 0 Å². The molecule has 0 aliphatic rings. The van der Waals surface area contributed by atoms with Crippen LogP contribution in [0.5, 0.6) is 0 Å². The monoisotopic (exact) mass is 232 g/mol. The van der Waals surface area contributed by atoms with Crippen LogP contribution in [0.4, 0.5) is 0 Å². The van der Waals surface area contributed by atoms with Gasteiger partial charge in [0.2, 0.25) is 0 Å². The van der Waals surface area contributed by atoms with Crippen molar-refractivity contribution in [1.29, 1.82) is 0 Å². The first kappa shape index (κ1) is 14.6. The number of aliphatic carboxylic acids is 1. The van der Waals surface area contributed by atoms with Gasteiger partial charge in [-0.1, -0.05) is 27.7 Å². The molecule has 3 nitrogen and oxygen atoms in total. The number of rotatable bonds is 5. The van der Waals surface area contributed by atoms with Crippen molar-refractivity contribution < 1.29 is 14.3 Å². The molecular weight excluding hydrogens is 208 g/mol. The van der Waals surface area contributed by atoms with Crippen LogP contribution < -0.4 is 0 Å². The van der Waals surface area contributed by atoms with Gasteiger partial charge in [0.15, 0.2) is 8.32 Å². The number of hydrogen-bond acceptors (Lipinski definition) is 2. The van der Waals surface area contributed by atoms with Gasteiger partial charge >= 0.3 is 5.97 Å². The van der Waals surface area contributed by atoms with E-state index in [0.29, 0.717) is 0 Å². The van der Waals surface area contributed by atoms with Crippen LogP contribution in [0, 0.1) is 0 Å². The molecule has 1 atom stereocenters. The first-order valence-electron chi connectivity index (χ1n) is 5.49. The standard InChI is InChI=1S/C11H24O3Si/c1-7-9(8-10(12)13)14-15(5,6)11(2,3)4/h9H,7-8H2,1-6H3,(H,12,13). The van der Waals surface area contributed by atoms with Crippen LogP contribution in [0.25, 0.3) is 0 Å². The maximum Gasteiger partial charge on any atom is 0.305 e. The molecule has 0 spiro atoms. The fraction of sp³-hybridized carbons (Fsp3) is 0.909. The quantitative estimate of drug-likeness (QED) is 0.740. The molecule has 0 bridgehead atoms. The Hall–Kier alpha value is -0.353. The average Bonchev–Trinajstić information content (AvgIpc) is 1.99. The molecule has 0 amide bonds. The lowest BCUT2D eigenvalue weighted by Gasteiger charge is -2.38. The van der Waals surface area contributed by atoms with Gasteiger partial charge in [-0.25, -0.2) is 0 Å². The lowest BCUT2D eigenvalue weighted by Crippen LogP contribution is -2.44. The molecule has 1 unspecified atom stereocenters. The normalized spacial score (nSPS) is 15.1. The Labute approximate surface area is 94.0 Å². The zero-order valence-corrected chi connectivity index (χ0v) is 11.8. The highest BCUT2D eigenvalue weighted by molar-refractivity contribution is 6.74. The molecule has 0 saturated heterocycles. The van der Waals surface area contributed by atoms with E-state index in [9.17, 15) is 4.79 Å². The molecule has 0 rings (SSSR count). The van der Waals surface area contributed by atoms with Gasteiger partial charge < -0.3 is 9.53 Å². The lowest BCUT2D eigenvalue weighted by molar-refractivity contribution is -0.139. The summed E-state index contributed by atoms with van der Waals surface area (Å²) >= 11 is 0. The van der Waals surface area contributed by atoms with E-state index in [2.05, 4.69) is 33.9 Å². The third-order valence-corrected chi connectivity index (χ3v) is 7.66. The van der Waals surface area contributed by atoms with Crippen LogP contribution in [0.2, 0.25) is 18.1 Å². The maximum absolute atomic E-state index is 10.6. The SMILES string of the molecule is CCC(CC(=O)O)O[Si](C)(C)C(C)(C)C. The van der Waals surface area contributed by atoms with Crippen LogP contribution in [-0.4, -0.2) is 25.5 Å². The Bertz CT molecular complexity index is 218. The second kappa shape index (κ2) is 5.12. The fourth-order valence-corrected chi connectivity index (χ4v) is 2.49. The number of hydrogen-bond donors (Lipinski definition) is 1.